The fourth-order valence-electron chi connectivity index (χ4n) is 1.27. The van der Waals surface area contributed by atoms with Crippen molar-refractivity contribution in [3.05, 3.63) is 35.9 Å². The standard InChI is InChI=1S/C9H10O3Se/c10-13-11-7-9(12-13)6-8-4-2-1-3-5-8/h1-5,9H,6-7H2. The second-order valence-corrected chi connectivity index (χ2v) is 4.65. The normalized spacial score (nSPS) is 27.7. The number of hydrogen-bond acceptors (Lipinski definition) is 3. The van der Waals surface area contributed by atoms with Crippen LogP contribution in [0.4, 0.5) is 0 Å². The van der Waals surface area contributed by atoms with Gasteiger partial charge in [0.25, 0.3) is 0 Å². The molecular weight excluding hydrogens is 235 g/mol. The van der Waals surface area contributed by atoms with Gasteiger partial charge in [-0.3, -0.25) is 0 Å². The van der Waals surface area contributed by atoms with Gasteiger partial charge in [-0.25, -0.2) is 0 Å². The van der Waals surface area contributed by atoms with Gasteiger partial charge in [-0.2, -0.15) is 0 Å². The van der Waals surface area contributed by atoms with E-state index in [0.717, 1.165) is 6.42 Å². The Kier molecular flexibility index (Phi) is 2.86. The van der Waals surface area contributed by atoms with E-state index in [9.17, 15) is 3.83 Å². The minimum absolute atomic E-state index is 0.0232. The van der Waals surface area contributed by atoms with E-state index >= 15 is 0 Å². The minimum atomic E-state index is -2.38. The molecule has 1 saturated heterocycles. The molecule has 1 aromatic carbocycles. The van der Waals surface area contributed by atoms with Gasteiger partial charge >= 0.3 is 81.0 Å². The summed E-state index contributed by atoms with van der Waals surface area (Å²) in [5.74, 6) is 0. The first-order chi connectivity index (χ1) is 6.34. The first-order valence-corrected chi connectivity index (χ1v) is 6.20. The van der Waals surface area contributed by atoms with Gasteiger partial charge in [0, 0.05) is 0 Å². The molecule has 0 saturated carbocycles. The van der Waals surface area contributed by atoms with Crippen molar-refractivity contribution in [3.8, 4) is 0 Å². The van der Waals surface area contributed by atoms with E-state index < -0.39 is 14.5 Å². The average Bonchev–Trinajstić information content (AvgIpc) is 2.53. The summed E-state index contributed by atoms with van der Waals surface area (Å²) in [5, 5.41) is 0. The van der Waals surface area contributed by atoms with E-state index in [1.165, 1.54) is 5.56 Å². The Morgan fingerprint density at radius 1 is 1.38 bits per heavy atom. The van der Waals surface area contributed by atoms with Crippen molar-refractivity contribution in [1.29, 1.82) is 0 Å². The Hall–Kier alpha value is -0.541. The third-order valence-electron chi connectivity index (χ3n) is 1.87. The molecule has 1 fully saturated rings. The van der Waals surface area contributed by atoms with E-state index in [0.29, 0.717) is 6.61 Å². The van der Waals surface area contributed by atoms with Gasteiger partial charge in [-0.15, -0.1) is 0 Å². The van der Waals surface area contributed by atoms with Gasteiger partial charge < -0.3 is 0 Å². The van der Waals surface area contributed by atoms with Gasteiger partial charge in [0.15, 0.2) is 0 Å². The molecule has 0 spiro atoms. The second kappa shape index (κ2) is 4.11. The predicted octanol–water partition coefficient (Wildman–Crippen LogP) is 1.06. The molecule has 0 aromatic heterocycles. The number of rotatable bonds is 2. The summed E-state index contributed by atoms with van der Waals surface area (Å²) in [6, 6.07) is 10.00. The predicted molar refractivity (Wildman–Crippen MR) is 47.4 cm³/mol. The van der Waals surface area contributed by atoms with Crippen molar-refractivity contribution in [2.45, 2.75) is 12.5 Å². The molecule has 0 N–H and O–H groups in total. The fourth-order valence-corrected chi connectivity index (χ4v) is 2.66. The zero-order valence-electron chi connectivity index (χ0n) is 7.01. The summed E-state index contributed by atoms with van der Waals surface area (Å²) in [7, 11) is 0. The van der Waals surface area contributed by atoms with Crippen LogP contribution in [-0.4, -0.2) is 27.2 Å². The first-order valence-electron chi connectivity index (χ1n) is 4.11. The monoisotopic (exact) mass is 246 g/mol. The molecule has 1 aromatic rings. The van der Waals surface area contributed by atoms with Gasteiger partial charge in [-0.05, 0) is 0 Å². The number of hydrogen-bond donors (Lipinski definition) is 0. The van der Waals surface area contributed by atoms with Gasteiger partial charge in [0.2, 0.25) is 0 Å². The maximum absolute atomic E-state index is 10.8. The van der Waals surface area contributed by atoms with Crippen LogP contribution in [0.5, 0.6) is 0 Å². The van der Waals surface area contributed by atoms with E-state index in [1.54, 1.807) is 0 Å². The van der Waals surface area contributed by atoms with Crippen molar-refractivity contribution >= 4 is 14.5 Å². The molecule has 4 heteroatoms. The van der Waals surface area contributed by atoms with E-state index in [2.05, 4.69) is 0 Å². The van der Waals surface area contributed by atoms with Crippen LogP contribution in [0.2, 0.25) is 0 Å². The number of benzene rings is 1. The molecule has 0 radical (unpaired) electrons. The second-order valence-electron chi connectivity index (χ2n) is 2.90. The van der Waals surface area contributed by atoms with Crippen molar-refractivity contribution in [1.82, 2.24) is 0 Å². The van der Waals surface area contributed by atoms with E-state index in [4.69, 9.17) is 7.64 Å². The zero-order valence-corrected chi connectivity index (χ0v) is 8.72. The quantitative estimate of drug-likeness (QED) is 0.731. The molecule has 1 aliphatic rings. The first kappa shape index (κ1) is 9.03. The third kappa shape index (κ3) is 2.45. The molecule has 2 unspecified atom stereocenters. The molecule has 3 nitrogen and oxygen atoms in total. The Bertz CT molecular complexity index is 299. The summed E-state index contributed by atoms with van der Waals surface area (Å²) in [6.45, 7) is 0.461. The molecule has 1 aliphatic heterocycles. The molecular formula is C9H10O3Se. The van der Waals surface area contributed by atoms with Gasteiger partial charge in [-0.1, -0.05) is 0 Å². The SMILES string of the molecule is O=[Se]1OCC(Cc2ccccc2)O1. The van der Waals surface area contributed by atoms with Gasteiger partial charge in [0.05, 0.1) is 0 Å². The fraction of sp³-hybridized carbons (Fsp3) is 0.333. The molecule has 2 atom stereocenters. The topological polar surface area (TPSA) is 35.5 Å². The summed E-state index contributed by atoms with van der Waals surface area (Å²) in [6.07, 6.45) is 0.758. The Labute approximate surface area is 81.4 Å². The van der Waals surface area contributed by atoms with Gasteiger partial charge in [0.1, 0.15) is 0 Å². The van der Waals surface area contributed by atoms with Crippen LogP contribution in [0.3, 0.4) is 0 Å². The molecule has 13 heavy (non-hydrogen) atoms. The van der Waals surface area contributed by atoms with Crippen molar-refractivity contribution in [2.24, 2.45) is 0 Å². The van der Waals surface area contributed by atoms with Crippen LogP contribution in [0.15, 0.2) is 30.3 Å². The van der Waals surface area contributed by atoms with Crippen LogP contribution in [0.25, 0.3) is 0 Å². The third-order valence-corrected chi connectivity index (χ3v) is 3.46. The molecule has 0 amide bonds. The molecule has 0 bridgehead atoms. The Balaban J connectivity index is 1.96. The Morgan fingerprint density at radius 3 is 2.77 bits per heavy atom. The molecule has 1 heterocycles. The Morgan fingerprint density at radius 2 is 2.15 bits per heavy atom. The van der Waals surface area contributed by atoms with Crippen LogP contribution >= 0.6 is 0 Å². The van der Waals surface area contributed by atoms with Crippen LogP contribution in [0.1, 0.15) is 5.56 Å². The average molecular weight is 245 g/mol. The summed E-state index contributed by atoms with van der Waals surface area (Å²) >= 11 is -2.38. The van der Waals surface area contributed by atoms with Crippen LogP contribution in [-0.2, 0) is 17.9 Å². The summed E-state index contributed by atoms with van der Waals surface area (Å²) in [4.78, 5) is 0. The molecule has 0 aliphatic carbocycles. The zero-order chi connectivity index (χ0) is 9.10. The van der Waals surface area contributed by atoms with Crippen LogP contribution in [0, 0.1) is 0 Å². The van der Waals surface area contributed by atoms with E-state index in [1.807, 2.05) is 30.3 Å². The molecule has 70 valence electrons. The molecule has 2 rings (SSSR count). The summed E-state index contributed by atoms with van der Waals surface area (Å²) in [5.41, 5.74) is 1.19. The van der Waals surface area contributed by atoms with Crippen molar-refractivity contribution < 1.29 is 11.5 Å². The van der Waals surface area contributed by atoms with E-state index in [-0.39, 0.29) is 6.10 Å². The van der Waals surface area contributed by atoms with Crippen molar-refractivity contribution in [3.63, 3.8) is 0 Å². The van der Waals surface area contributed by atoms with Crippen molar-refractivity contribution in [2.75, 3.05) is 6.61 Å². The summed E-state index contributed by atoms with van der Waals surface area (Å²) < 4.78 is 20.8. The maximum atomic E-state index is 10.8. The van der Waals surface area contributed by atoms with Crippen LogP contribution < -0.4 is 0 Å².